The van der Waals surface area contributed by atoms with Crippen molar-refractivity contribution in [3.8, 4) is 0 Å². The maximum Gasteiger partial charge on any atom is 0.0908 e. The quantitative estimate of drug-likeness (QED) is 0.475. The van der Waals surface area contributed by atoms with E-state index >= 15 is 0 Å². The molecule has 0 bridgehead atoms. The van der Waals surface area contributed by atoms with Crippen molar-refractivity contribution in [1.82, 2.24) is 4.90 Å². The highest BCUT2D eigenvalue weighted by Gasteiger charge is 2.13. The van der Waals surface area contributed by atoms with Gasteiger partial charge in [0.15, 0.2) is 0 Å². The molecule has 1 rings (SSSR count). The average molecular weight is 126 g/mol. The lowest BCUT2D eigenvalue weighted by Crippen LogP contribution is -2.34. The second-order valence-electron chi connectivity index (χ2n) is 2.84. The van der Waals surface area contributed by atoms with Gasteiger partial charge in [0.05, 0.1) is 6.67 Å². The number of rotatable bonds is 0. The molecule has 1 heterocycles. The van der Waals surface area contributed by atoms with E-state index in [-0.39, 0.29) is 0 Å². The summed E-state index contributed by atoms with van der Waals surface area (Å²) in [7, 11) is 2.11. The fraction of sp³-hybridized carbons (Fsp3) is 0.857. The molecular weight excluding hydrogens is 112 g/mol. The smallest absolute Gasteiger partial charge is 0.0908 e. The first-order chi connectivity index (χ1) is 4.20. The summed E-state index contributed by atoms with van der Waals surface area (Å²) in [6.45, 7) is 5.22. The van der Waals surface area contributed by atoms with E-state index in [1.165, 1.54) is 5.71 Å². The second-order valence-corrected chi connectivity index (χ2v) is 2.84. The van der Waals surface area contributed by atoms with E-state index in [0.29, 0.717) is 6.04 Å². The SMILES string of the molecule is CC1=NCN(C)C(C)C1. The van der Waals surface area contributed by atoms with Gasteiger partial charge in [-0.1, -0.05) is 0 Å². The van der Waals surface area contributed by atoms with Gasteiger partial charge in [-0.15, -0.1) is 0 Å². The molecule has 9 heavy (non-hydrogen) atoms. The highest BCUT2D eigenvalue weighted by atomic mass is 15.2. The Morgan fingerprint density at radius 3 is 2.78 bits per heavy atom. The largest absolute Gasteiger partial charge is 0.284 e. The zero-order chi connectivity index (χ0) is 6.85. The molecule has 0 aliphatic carbocycles. The third-order valence-corrected chi connectivity index (χ3v) is 1.91. The van der Waals surface area contributed by atoms with E-state index in [0.717, 1.165) is 13.1 Å². The lowest BCUT2D eigenvalue weighted by atomic mass is 10.1. The van der Waals surface area contributed by atoms with Crippen molar-refractivity contribution in [3.05, 3.63) is 0 Å². The van der Waals surface area contributed by atoms with Gasteiger partial charge in [-0.05, 0) is 20.9 Å². The molecule has 0 saturated heterocycles. The Kier molecular flexibility index (Phi) is 1.86. The molecule has 1 aliphatic heterocycles. The molecule has 0 amide bonds. The van der Waals surface area contributed by atoms with E-state index in [4.69, 9.17) is 0 Å². The lowest BCUT2D eigenvalue weighted by Gasteiger charge is -2.27. The minimum atomic E-state index is 0.683. The highest BCUT2D eigenvalue weighted by molar-refractivity contribution is 5.82. The molecule has 0 saturated carbocycles. The van der Waals surface area contributed by atoms with Crippen LogP contribution in [0.25, 0.3) is 0 Å². The zero-order valence-electron chi connectivity index (χ0n) is 6.39. The van der Waals surface area contributed by atoms with Crippen molar-refractivity contribution in [2.24, 2.45) is 4.99 Å². The van der Waals surface area contributed by atoms with E-state index in [1.54, 1.807) is 0 Å². The van der Waals surface area contributed by atoms with Crippen molar-refractivity contribution in [2.45, 2.75) is 26.3 Å². The van der Waals surface area contributed by atoms with Crippen molar-refractivity contribution in [3.63, 3.8) is 0 Å². The second kappa shape index (κ2) is 2.48. The topological polar surface area (TPSA) is 15.6 Å². The summed E-state index contributed by atoms with van der Waals surface area (Å²) < 4.78 is 0. The highest BCUT2D eigenvalue weighted by Crippen LogP contribution is 2.07. The van der Waals surface area contributed by atoms with Crippen LogP contribution in [0.2, 0.25) is 0 Å². The van der Waals surface area contributed by atoms with Crippen LogP contribution < -0.4 is 0 Å². The fourth-order valence-electron chi connectivity index (χ4n) is 1.02. The first kappa shape index (κ1) is 6.75. The van der Waals surface area contributed by atoms with Gasteiger partial charge in [0.2, 0.25) is 0 Å². The van der Waals surface area contributed by atoms with Gasteiger partial charge >= 0.3 is 0 Å². The molecule has 0 N–H and O–H groups in total. The first-order valence-corrected chi connectivity index (χ1v) is 3.40. The van der Waals surface area contributed by atoms with Gasteiger partial charge in [0.25, 0.3) is 0 Å². The minimum Gasteiger partial charge on any atom is -0.284 e. The van der Waals surface area contributed by atoms with Crippen LogP contribution in [0.3, 0.4) is 0 Å². The summed E-state index contributed by atoms with van der Waals surface area (Å²) in [6, 6.07) is 0.683. The molecule has 1 unspecified atom stereocenters. The van der Waals surface area contributed by atoms with E-state index in [1.807, 2.05) is 0 Å². The third kappa shape index (κ3) is 1.52. The Bertz CT molecular complexity index is 129. The van der Waals surface area contributed by atoms with Crippen LogP contribution >= 0.6 is 0 Å². The Labute approximate surface area is 56.6 Å². The van der Waals surface area contributed by atoms with Gasteiger partial charge in [-0.2, -0.15) is 0 Å². The van der Waals surface area contributed by atoms with Gasteiger partial charge in [-0.3, -0.25) is 9.89 Å². The molecular formula is C7H14N2. The van der Waals surface area contributed by atoms with Gasteiger partial charge < -0.3 is 0 Å². The Hall–Kier alpha value is -0.370. The fourth-order valence-corrected chi connectivity index (χ4v) is 1.02. The Morgan fingerprint density at radius 1 is 1.67 bits per heavy atom. The van der Waals surface area contributed by atoms with Crippen LogP contribution in [0.4, 0.5) is 0 Å². The number of nitrogens with zero attached hydrogens (tertiary/aromatic N) is 2. The monoisotopic (exact) mass is 126 g/mol. The maximum atomic E-state index is 4.30. The molecule has 0 radical (unpaired) electrons. The summed E-state index contributed by atoms with van der Waals surface area (Å²) in [4.78, 5) is 6.56. The van der Waals surface area contributed by atoms with E-state index in [2.05, 4.69) is 30.8 Å². The molecule has 1 aliphatic rings. The number of hydrogen-bond acceptors (Lipinski definition) is 2. The molecule has 0 aromatic rings. The summed E-state index contributed by atoms with van der Waals surface area (Å²) in [6.07, 6.45) is 1.14. The molecule has 0 aromatic heterocycles. The van der Waals surface area contributed by atoms with Crippen LogP contribution in [0, 0.1) is 0 Å². The molecule has 0 aromatic carbocycles. The van der Waals surface area contributed by atoms with Crippen LogP contribution in [0.15, 0.2) is 4.99 Å². The molecule has 0 spiro atoms. The normalized spacial score (nSPS) is 30.1. The van der Waals surface area contributed by atoms with Gasteiger partial charge in [0, 0.05) is 18.2 Å². The molecule has 0 fully saturated rings. The first-order valence-electron chi connectivity index (χ1n) is 3.40. The third-order valence-electron chi connectivity index (χ3n) is 1.91. The Morgan fingerprint density at radius 2 is 2.33 bits per heavy atom. The zero-order valence-corrected chi connectivity index (χ0v) is 6.39. The van der Waals surface area contributed by atoms with Crippen LogP contribution in [-0.2, 0) is 0 Å². The van der Waals surface area contributed by atoms with Gasteiger partial charge in [-0.25, -0.2) is 0 Å². The van der Waals surface area contributed by atoms with Crippen molar-refractivity contribution in [1.29, 1.82) is 0 Å². The van der Waals surface area contributed by atoms with Crippen LogP contribution in [-0.4, -0.2) is 30.4 Å². The maximum absolute atomic E-state index is 4.30. The van der Waals surface area contributed by atoms with Crippen molar-refractivity contribution >= 4 is 5.71 Å². The van der Waals surface area contributed by atoms with Crippen molar-refractivity contribution < 1.29 is 0 Å². The number of aliphatic imine (C=N–C) groups is 1. The van der Waals surface area contributed by atoms with Gasteiger partial charge in [0.1, 0.15) is 0 Å². The number of hydrogen-bond donors (Lipinski definition) is 0. The predicted molar refractivity (Wildman–Crippen MR) is 39.8 cm³/mol. The van der Waals surface area contributed by atoms with E-state index < -0.39 is 0 Å². The Balaban J connectivity index is 2.54. The van der Waals surface area contributed by atoms with Crippen LogP contribution in [0.1, 0.15) is 20.3 Å². The minimum absolute atomic E-state index is 0.683. The molecule has 1 atom stereocenters. The lowest BCUT2D eigenvalue weighted by molar-refractivity contribution is 0.259. The summed E-state index contributed by atoms with van der Waals surface area (Å²) in [5, 5.41) is 0. The molecule has 2 heteroatoms. The molecule has 52 valence electrons. The van der Waals surface area contributed by atoms with Crippen LogP contribution in [0.5, 0.6) is 0 Å². The van der Waals surface area contributed by atoms with Crippen molar-refractivity contribution in [2.75, 3.05) is 13.7 Å². The average Bonchev–Trinajstić information content (AvgIpc) is 1.80. The van der Waals surface area contributed by atoms with E-state index in [9.17, 15) is 0 Å². The predicted octanol–water partition coefficient (Wildman–Crippen LogP) is 1.13. The summed E-state index contributed by atoms with van der Waals surface area (Å²) in [5.74, 6) is 0. The summed E-state index contributed by atoms with van der Waals surface area (Å²) in [5.41, 5.74) is 1.29. The summed E-state index contributed by atoms with van der Waals surface area (Å²) >= 11 is 0. The molecule has 2 nitrogen and oxygen atoms in total. The standard InChI is InChI=1S/C7H14N2/c1-6-4-7(2)9(3)5-8-6/h7H,4-5H2,1-3H3.